The van der Waals surface area contributed by atoms with Crippen LogP contribution in [-0.2, 0) is 11.3 Å². The molecule has 0 amide bonds. The molecule has 1 aromatic carbocycles. The van der Waals surface area contributed by atoms with E-state index in [1.165, 1.54) is 0 Å². The molecule has 1 N–H and O–H groups in total. The average molecular weight is 293 g/mol. The summed E-state index contributed by atoms with van der Waals surface area (Å²) < 4.78 is 5.34. The van der Waals surface area contributed by atoms with Gasteiger partial charge in [0.05, 0.1) is 23.8 Å². The summed E-state index contributed by atoms with van der Waals surface area (Å²) in [4.78, 5) is 18.2. The second-order valence-electron chi connectivity index (χ2n) is 5.11. The van der Waals surface area contributed by atoms with Gasteiger partial charge in [0.25, 0.3) is 0 Å². The van der Waals surface area contributed by atoms with Crippen LogP contribution in [0.3, 0.4) is 0 Å². The number of aromatic amines is 1. The summed E-state index contributed by atoms with van der Waals surface area (Å²) in [6, 6.07) is 5.43. The molecule has 0 radical (unpaired) electrons. The summed E-state index contributed by atoms with van der Waals surface area (Å²) in [5.41, 5.74) is 2.51. The van der Waals surface area contributed by atoms with Gasteiger partial charge in [-0.1, -0.05) is 17.7 Å². The predicted octanol–water partition coefficient (Wildman–Crippen LogP) is 2.32. The number of nitrogens with one attached hydrogen (secondary N) is 1. The number of benzene rings is 1. The van der Waals surface area contributed by atoms with Gasteiger partial charge >= 0.3 is 0 Å². The number of rotatable bonds is 2. The highest BCUT2D eigenvalue weighted by molar-refractivity contribution is 6.35. The lowest BCUT2D eigenvalue weighted by atomic mass is 10.1. The number of fused-ring (bicyclic) bond motifs is 1. The van der Waals surface area contributed by atoms with Gasteiger partial charge in [-0.2, -0.15) is 0 Å². The van der Waals surface area contributed by atoms with E-state index in [0.717, 1.165) is 43.1 Å². The second kappa shape index (κ2) is 5.56. The molecular formula is C15H17ClN2O2. The minimum Gasteiger partial charge on any atom is -0.379 e. The molecule has 0 saturated carbocycles. The molecule has 0 bridgehead atoms. The van der Waals surface area contributed by atoms with Crippen LogP contribution in [0, 0.1) is 6.92 Å². The number of hydrogen-bond acceptors (Lipinski definition) is 3. The standard InChI is InChI=1S/C15H17ClN2O2/c1-10-12(9-18-5-7-20-8-6-18)15(19)11-3-2-4-13(16)14(11)17-10/h2-4H,5-9H2,1H3,(H,17,19). The Morgan fingerprint density at radius 3 is 2.85 bits per heavy atom. The third-order valence-electron chi connectivity index (χ3n) is 3.78. The van der Waals surface area contributed by atoms with E-state index in [9.17, 15) is 4.79 Å². The third kappa shape index (κ3) is 2.46. The first-order valence-electron chi connectivity index (χ1n) is 6.77. The van der Waals surface area contributed by atoms with Crippen LogP contribution in [0.4, 0.5) is 0 Å². The number of aryl methyl sites for hydroxylation is 1. The summed E-state index contributed by atoms with van der Waals surface area (Å²) in [6.07, 6.45) is 0. The van der Waals surface area contributed by atoms with Crippen molar-refractivity contribution in [1.82, 2.24) is 9.88 Å². The van der Waals surface area contributed by atoms with Crippen LogP contribution >= 0.6 is 11.6 Å². The Morgan fingerprint density at radius 1 is 1.35 bits per heavy atom. The number of hydrogen-bond donors (Lipinski definition) is 1. The molecule has 1 aliphatic rings. The van der Waals surface area contributed by atoms with Crippen molar-refractivity contribution in [3.63, 3.8) is 0 Å². The van der Waals surface area contributed by atoms with E-state index >= 15 is 0 Å². The number of morpholine rings is 1. The van der Waals surface area contributed by atoms with Gasteiger partial charge in [-0.25, -0.2) is 0 Å². The van der Waals surface area contributed by atoms with Crippen LogP contribution < -0.4 is 5.43 Å². The number of nitrogens with zero attached hydrogens (tertiary/aromatic N) is 1. The highest BCUT2D eigenvalue weighted by Gasteiger charge is 2.16. The maximum absolute atomic E-state index is 12.6. The Bertz CT molecular complexity index is 690. The van der Waals surface area contributed by atoms with Crippen molar-refractivity contribution in [3.05, 3.63) is 44.7 Å². The van der Waals surface area contributed by atoms with Gasteiger partial charge in [-0.05, 0) is 19.1 Å². The van der Waals surface area contributed by atoms with Crippen molar-refractivity contribution >= 4 is 22.5 Å². The Balaban J connectivity index is 2.04. The van der Waals surface area contributed by atoms with Gasteiger partial charge in [0.15, 0.2) is 5.43 Å². The fourth-order valence-corrected chi connectivity index (χ4v) is 2.83. The number of aromatic nitrogens is 1. The van der Waals surface area contributed by atoms with E-state index in [1.54, 1.807) is 6.07 Å². The largest absolute Gasteiger partial charge is 0.379 e. The SMILES string of the molecule is Cc1[nH]c2c(Cl)cccc2c(=O)c1CN1CCOCC1. The van der Waals surface area contributed by atoms with Gasteiger partial charge in [0.1, 0.15) is 0 Å². The van der Waals surface area contributed by atoms with Gasteiger partial charge < -0.3 is 9.72 Å². The van der Waals surface area contributed by atoms with Crippen molar-refractivity contribution in [3.8, 4) is 0 Å². The fourth-order valence-electron chi connectivity index (χ4n) is 2.61. The minimum atomic E-state index is 0.0743. The molecule has 1 aliphatic heterocycles. The van der Waals surface area contributed by atoms with Crippen LogP contribution in [0.25, 0.3) is 10.9 Å². The summed E-state index contributed by atoms with van der Waals surface area (Å²) in [6.45, 7) is 5.79. The summed E-state index contributed by atoms with van der Waals surface area (Å²) in [5, 5.41) is 1.24. The van der Waals surface area contributed by atoms with Crippen LogP contribution in [0.1, 0.15) is 11.3 Å². The minimum absolute atomic E-state index is 0.0743. The molecule has 0 unspecified atom stereocenters. The number of para-hydroxylation sites is 1. The van der Waals surface area contributed by atoms with Crippen molar-refractivity contribution < 1.29 is 4.74 Å². The van der Waals surface area contributed by atoms with Crippen LogP contribution in [0.5, 0.6) is 0 Å². The van der Waals surface area contributed by atoms with Gasteiger partial charge in [0, 0.05) is 36.3 Å². The Morgan fingerprint density at radius 2 is 2.10 bits per heavy atom. The topological polar surface area (TPSA) is 45.3 Å². The highest BCUT2D eigenvalue weighted by atomic mass is 35.5. The van der Waals surface area contributed by atoms with E-state index in [-0.39, 0.29) is 5.43 Å². The maximum atomic E-state index is 12.6. The number of halogens is 1. The molecule has 3 rings (SSSR count). The molecule has 1 fully saturated rings. The molecule has 2 aromatic rings. The van der Waals surface area contributed by atoms with Crippen LogP contribution in [0.15, 0.2) is 23.0 Å². The lowest BCUT2D eigenvalue weighted by molar-refractivity contribution is 0.0339. The Labute approximate surface area is 122 Å². The molecular weight excluding hydrogens is 276 g/mol. The molecule has 4 nitrogen and oxygen atoms in total. The van der Waals surface area contributed by atoms with Crippen LogP contribution in [-0.4, -0.2) is 36.2 Å². The van der Waals surface area contributed by atoms with Crippen LogP contribution in [0.2, 0.25) is 5.02 Å². The molecule has 0 spiro atoms. The first-order valence-corrected chi connectivity index (χ1v) is 7.14. The molecule has 0 aliphatic carbocycles. The van der Waals surface area contributed by atoms with Crippen molar-refractivity contribution in [2.75, 3.05) is 26.3 Å². The van der Waals surface area contributed by atoms with E-state index in [1.807, 2.05) is 19.1 Å². The average Bonchev–Trinajstić information content (AvgIpc) is 2.46. The monoisotopic (exact) mass is 292 g/mol. The van der Waals surface area contributed by atoms with Crippen molar-refractivity contribution in [2.24, 2.45) is 0 Å². The normalized spacial score (nSPS) is 16.7. The molecule has 1 aromatic heterocycles. The van der Waals surface area contributed by atoms with E-state index in [4.69, 9.17) is 16.3 Å². The zero-order chi connectivity index (χ0) is 14.1. The predicted molar refractivity (Wildman–Crippen MR) is 80.4 cm³/mol. The molecule has 106 valence electrons. The summed E-state index contributed by atoms with van der Waals surface area (Å²) in [7, 11) is 0. The number of ether oxygens (including phenoxy) is 1. The molecule has 2 heterocycles. The van der Waals surface area contributed by atoms with Gasteiger partial charge in [-0.15, -0.1) is 0 Å². The van der Waals surface area contributed by atoms with E-state index < -0.39 is 0 Å². The molecule has 0 atom stereocenters. The third-order valence-corrected chi connectivity index (χ3v) is 4.10. The van der Waals surface area contributed by atoms with Crippen molar-refractivity contribution in [1.29, 1.82) is 0 Å². The maximum Gasteiger partial charge on any atom is 0.194 e. The lowest BCUT2D eigenvalue weighted by Crippen LogP contribution is -2.37. The van der Waals surface area contributed by atoms with E-state index in [2.05, 4.69) is 9.88 Å². The quantitative estimate of drug-likeness (QED) is 0.924. The zero-order valence-corrected chi connectivity index (χ0v) is 12.2. The Hall–Kier alpha value is -1.36. The Kier molecular flexibility index (Phi) is 3.78. The zero-order valence-electron chi connectivity index (χ0n) is 11.4. The second-order valence-corrected chi connectivity index (χ2v) is 5.52. The van der Waals surface area contributed by atoms with Gasteiger partial charge in [-0.3, -0.25) is 9.69 Å². The number of H-pyrrole nitrogens is 1. The number of pyridine rings is 1. The molecule has 5 heteroatoms. The van der Waals surface area contributed by atoms with Gasteiger partial charge in [0.2, 0.25) is 0 Å². The first kappa shape index (κ1) is 13.6. The smallest absolute Gasteiger partial charge is 0.194 e. The molecule has 1 saturated heterocycles. The highest BCUT2D eigenvalue weighted by Crippen LogP contribution is 2.20. The van der Waals surface area contributed by atoms with Crippen molar-refractivity contribution in [2.45, 2.75) is 13.5 Å². The summed E-state index contributed by atoms with van der Waals surface area (Å²) >= 11 is 6.15. The lowest BCUT2D eigenvalue weighted by Gasteiger charge is -2.26. The molecule has 20 heavy (non-hydrogen) atoms. The van der Waals surface area contributed by atoms with E-state index in [0.29, 0.717) is 17.0 Å². The first-order chi connectivity index (χ1) is 9.66. The fraction of sp³-hybridized carbons (Fsp3) is 0.400. The summed E-state index contributed by atoms with van der Waals surface area (Å²) in [5.74, 6) is 0.